The molecular weight excluding hydrogens is 355 g/mol. The van der Waals surface area contributed by atoms with Gasteiger partial charge in [0.25, 0.3) is 5.91 Å². The summed E-state index contributed by atoms with van der Waals surface area (Å²) in [4.78, 5) is 19.5. The highest BCUT2D eigenvalue weighted by molar-refractivity contribution is 5.94. The predicted molar refractivity (Wildman–Crippen MR) is 109 cm³/mol. The molecule has 1 aliphatic rings. The van der Waals surface area contributed by atoms with E-state index in [2.05, 4.69) is 34.7 Å². The van der Waals surface area contributed by atoms with Crippen molar-refractivity contribution in [2.24, 2.45) is 0 Å². The van der Waals surface area contributed by atoms with Crippen LogP contribution in [0.2, 0.25) is 0 Å². The Morgan fingerprint density at radius 2 is 1.89 bits per heavy atom. The Kier molecular flexibility index (Phi) is 5.03. The third kappa shape index (κ3) is 3.59. The molecule has 0 spiro atoms. The highest BCUT2D eigenvalue weighted by atomic mass is 19.1. The van der Waals surface area contributed by atoms with E-state index >= 15 is 0 Å². The van der Waals surface area contributed by atoms with Gasteiger partial charge in [-0.15, -0.1) is 0 Å². The maximum Gasteiger partial charge on any atom is 0.251 e. The second-order valence-electron chi connectivity index (χ2n) is 7.61. The molecule has 1 aromatic heterocycles. The van der Waals surface area contributed by atoms with Crippen LogP contribution in [-0.4, -0.2) is 34.6 Å². The molecule has 0 bridgehead atoms. The summed E-state index contributed by atoms with van der Waals surface area (Å²) in [6.07, 6.45) is 1.67. The van der Waals surface area contributed by atoms with Crippen LogP contribution in [0.15, 0.2) is 48.5 Å². The molecule has 0 aliphatic carbocycles. The van der Waals surface area contributed by atoms with Crippen molar-refractivity contribution in [3.05, 3.63) is 59.9 Å². The maximum atomic E-state index is 13.3. The van der Waals surface area contributed by atoms with Crippen LogP contribution in [0.5, 0.6) is 0 Å². The number of benzene rings is 2. The summed E-state index contributed by atoms with van der Waals surface area (Å²) < 4.78 is 15.6. The zero-order valence-electron chi connectivity index (χ0n) is 16.2. The zero-order valence-corrected chi connectivity index (χ0v) is 16.2. The van der Waals surface area contributed by atoms with Gasteiger partial charge in [0.05, 0.1) is 11.0 Å². The summed E-state index contributed by atoms with van der Waals surface area (Å²) in [7, 11) is 0. The fourth-order valence-corrected chi connectivity index (χ4v) is 3.89. The number of carbonyl (C=O) groups is 1. The van der Waals surface area contributed by atoms with Crippen LogP contribution in [0.25, 0.3) is 11.0 Å². The van der Waals surface area contributed by atoms with Crippen LogP contribution in [0.3, 0.4) is 0 Å². The first kappa shape index (κ1) is 18.5. The van der Waals surface area contributed by atoms with Gasteiger partial charge < -0.3 is 14.8 Å². The number of hydrogen-bond acceptors (Lipinski definition) is 3. The van der Waals surface area contributed by atoms with Crippen LogP contribution < -0.4 is 10.2 Å². The lowest BCUT2D eigenvalue weighted by molar-refractivity contribution is 0.0930. The van der Waals surface area contributed by atoms with Crippen LogP contribution in [0.4, 0.5) is 10.3 Å². The molecule has 2 heterocycles. The number of imidazole rings is 1. The van der Waals surface area contributed by atoms with Gasteiger partial charge in [0.2, 0.25) is 5.95 Å². The average molecular weight is 380 g/mol. The van der Waals surface area contributed by atoms with Crippen LogP contribution in [-0.2, 0) is 0 Å². The van der Waals surface area contributed by atoms with E-state index in [0.717, 1.165) is 42.9 Å². The monoisotopic (exact) mass is 380 g/mol. The summed E-state index contributed by atoms with van der Waals surface area (Å²) >= 11 is 0. The second-order valence-corrected chi connectivity index (χ2v) is 7.61. The zero-order chi connectivity index (χ0) is 19.7. The summed E-state index contributed by atoms with van der Waals surface area (Å²) in [5.74, 6) is 0.383. The smallest absolute Gasteiger partial charge is 0.251 e. The number of carbonyl (C=O) groups excluding carboxylic acids is 1. The number of halogens is 1. The Morgan fingerprint density at radius 1 is 1.14 bits per heavy atom. The summed E-state index contributed by atoms with van der Waals surface area (Å²) in [6.45, 7) is 5.99. The van der Waals surface area contributed by atoms with Crippen molar-refractivity contribution in [1.82, 2.24) is 14.9 Å². The van der Waals surface area contributed by atoms with Crippen LogP contribution in [0.1, 0.15) is 43.1 Å². The molecule has 1 N–H and O–H groups in total. The van der Waals surface area contributed by atoms with Gasteiger partial charge >= 0.3 is 0 Å². The van der Waals surface area contributed by atoms with E-state index < -0.39 is 5.82 Å². The van der Waals surface area contributed by atoms with Gasteiger partial charge in [0, 0.05) is 30.7 Å². The number of hydrogen-bond donors (Lipinski definition) is 1. The Hall–Kier alpha value is -2.89. The lowest BCUT2D eigenvalue weighted by Crippen LogP contribution is -2.45. The van der Waals surface area contributed by atoms with Gasteiger partial charge in [-0.1, -0.05) is 18.2 Å². The first-order valence-electron chi connectivity index (χ1n) is 9.81. The second kappa shape index (κ2) is 7.62. The van der Waals surface area contributed by atoms with Gasteiger partial charge in [-0.2, -0.15) is 0 Å². The SMILES string of the molecule is CC(C)n1c(N2CCC(NC(=O)c3cccc(F)c3)CC2)nc2ccccc21. The first-order chi connectivity index (χ1) is 13.5. The molecular formula is C22H25FN4O. The fraction of sp³-hybridized carbons (Fsp3) is 0.364. The number of para-hydroxylation sites is 2. The molecule has 3 aromatic rings. The minimum Gasteiger partial charge on any atom is -0.349 e. The van der Waals surface area contributed by atoms with E-state index in [1.807, 2.05) is 18.2 Å². The number of nitrogens with one attached hydrogen (secondary N) is 1. The summed E-state index contributed by atoms with van der Waals surface area (Å²) in [6, 6.07) is 14.4. The number of amides is 1. The van der Waals surface area contributed by atoms with Gasteiger partial charge in [0.1, 0.15) is 5.82 Å². The molecule has 2 aromatic carbocycles. The molecule has 1 amide bonds. The van der Waals surface area contributed by atoms with Gasteiger partial charge in [-0.05, 0) is 57.0 Å². The summed E-state index contributed by atoms with van der Waals surface area (Å²) in [5.41, 5.74) is 2.52. The van der Waals surface area contributed by atoms with E-state index in [1.165, 1.54) is 12.1 Å². The average Bonchev–Trinajstić information content (AvgIpc) is 3.08. The molecule has 0 unspecified atom stereocenters. The van der Waals surface area contributed by atoms with Gasteiger partial charge in [-0.25, -0.2) is 9.37 Å². The van der Waals surface area contributed by atoms with Crippen molar-refractivity contribution in [1.29, 1.82) is 0 Å². The lowest BCUT2D eigenvalue weighted by atomic mass is 10.0. The molecule has 1 fully saturated rings. The van der Waals surface area contributed by atoms with E-state index in [1.54, 1.807) is 12.1 Å². The van der Waals surface area contributed by atoms with Crippen LogP contribution >= 0.6 is 0 Å². The third-order valence-electron chi connectivity index (χ3n) is 5.29. The molecule has 4 rings (SSSR count). The number of piperidine rings is 1. The Balaban J connectivity index is 1.45. The Labute approximate surface area is 164 Å². The highest BCUT2D eigenvalue weighted by Gasteiger charge is 2.25. The molecule has 1 saturated heterocycles. The largest absolute Gasteiger partial charge is 0.349 e. The van der Waals surface area contributed by atoms with Gasteiger partial charge in [0.15, 0.2) is 0 Å². The van der Waals surface area contributed by atoms with Gasteiger partial charge in [-0.3, -0.25) is 4.79 Å². The van der Waals surface area contributed by atoms with Crippen LogP contribution in [0, 0.1) is 5.82 Å². The Morgan fingerprint density at radius 3 is 2.61 bits per heavy atom. The number of aromatic nitrogens is 2. The Bertz CT molecular complexity index is 989. The molecule has 6 heteroatoms. The maximum absolute atomic E-state index is 13.3. The third-order valence-corrected chi connectivity index (χ3v) is 5.29. The number of nitrogens with zero attached hydrogens (tertiary/aromatic N) is 3. The van der Waals surface area contributed by atoms with E-state index in [-0.39, 0.29) is 11.9 Å². The molecule has 28 heavy (non-hydrogen) atoms. The quantitative estimate of drug-likeness (QED) is 0.740. The minimum atomic E-state index is -0.393. The lowest BCUT2D eigenvalue weighted by Gasteiger charge is -2.34. The minimum absolute atomic E-state index is 0.0869. The molecule has 146 valence electrons. The van der Waals surface area contributed by atoms with E-state index in [9.17, 15) is 9.18 Å². The van der Waals surface area contributed by atoms with E-state index in [0.29, 0.717) is 11.6 Å². The van der Waals surface area contributed by atoms with Crippen molar-refractivity contribution in [3.63, 3.8) is 0 Å². The molecule has 5 nitrogen and oxygen atoms in total. The van der Waals surface area contributed by atoms with Crippen molar-refractivity contribution in [3.8, 4) is 0 Å². The molecule has 0 saturated carbocycles. The molecule has 1 aliphatic heterocycles. The first-order valence-corrected chi connectivity index (χ1v) is 9.81. The molecule has 0 atom stereocenters. The highest BCUT2D eigenvalue weighted by Crippen LogP contribution is 2.28. The topological polar surface area (TPSA) is 50.2 Å². The number of rotatable bonds is 4. The van der Waals surface area contributed by atoms with Crippen molar-refractivity contribution < 1.29 is 9.18 Å². The number of anilines is 1. The predicted octanol–water partition coefficient (Wildman–Crippen LogP) is 4.16. The number of fused-ring (bicyclic) bond motifs is 1. The molecule has 0 radical (unpaired) electrons. The van der Waals surface area contributed by atoms with Crippen molar-refractivity contribution >= 4 is 22.9 Å². The standard InChI is InChI=1S/C22H25FN4O/c1-15(2)27-20-9-4-3-8-19(20)25-22(27)26-12-10-18(11-13-26)24-21(28)16-6-5-7-17(23)14-16/h3-9,14-15,18H,10-13H2,1-2H3,(H,24,28). The van der Waals surface area contributed by atoms with E-state index in [4.69, 9.17) is 4.98 Å². The normalized spacial score (nSPS) is 15.4. The fourth-order valence-electron chi connectivity index (χ4n) is 3.89. The van der Waals surface area contributed by atoms with Crippen molar-refractivity contribution in [2.75, 3.05) is 18.0 Å². The summed E-state index contributed by atoms with van der Waals surface area (Å²) in [5, 5.41) is 3.04. The van der Waals surface area contributed by atoms with Crippen molar-refractivity contribution in [2.45, 2.75) is 38.8 Å².